The molecule has 1 aromatic heterocycles. The lowest BCUT2D eigenvalue weighted by Gasteiger charge is -2.35. The number of aromatic nitrogens is 2. The lowest BCUT2D eigenvalue weighted by atomic mass is 9.94. The second-order valence-electron chi connectivity index (χ2n) is 5.76. The minimum atomic E-state index is -0.0581. The van der Waals surface area contributed by atoms with Crippen LogP contribution in [0.3, 0.4) is 0 Å². The molecule has 2 heterocycles. The summed E-state index contributed by atoms with van der Waals surface area (Å²) >= 11 is 5.97. The fourth-order valence-corrected chi connectivity index (χ4v) is 3.23. The number of nitrogens with two attached hydrogens (primary N) is 1. The van der Waals surface area contributed by atoms with Crippen LogP contribution in [0.1, 0.15) is 37.9 Å². The molecule has 1 amide bonds. The molecule has 1 atom stereocenters. The number of hydrogen-bond donors (Lipinski definition) is 1. The highest BCUT2D eigenvalue weighted by atomic mass is 35.5. The van der Waals surface area contributed by atoms with Gasteiger partial charge in [-0.15, -0.1) is 0 Å². The fraction of sp³-hybridized carbons (Fsp3) is 0.353. The number of hydrogen-bond acceptors (Lipinski definition) is 4. The van der Waals surface area contributed by atoms with Crippen LogP contribution >= 0.6 is 11.6 Å². The van der Waals surface area contributed by atoms with E-state index < -0.39 is 0 Å². The first kappa shape index (κ1) is 15.7. The van der Waals surface area contributed by atoms with E-state index in [-0.39, 0.29) is 17.9 Å². The van der Waals surface area contributed by atoms with Crippen molar-refractivity contribution in [1.29, 1.82) is 0 Å². The highest BCUT2D eigenvalue weighted by Gasteiger charge is 2.29. The molecule has 1 unspecified atom stereocenters. The van der Waals surface area contributed by atoms with Gasteiger partial charge in [0.25, 0.3) is 0 Å². The molecule has 2 aromatic rings. The van der Waals surface area contributed by atoms with Gasteiger partial charge >= 0.3 is 0 Å². The van der Waals surface area contributed by atoms with E-state index in [9.17, 15) is 4.79 Å². The minimum Gasteiger partial charge on any atom is -0.368 e. The Hall–Kier alpha value is -2.14. The average molecular weight is 331 g/mol. The molecular weight excluding hydrogens is 312 g/mol. The lowest BCUT2D eigenvalue weighted by molar-refractivity contribution is -0.132. The summed E-state index contributed by atoms with van der Waals surface area (Å²) in [5.41, 5.74) is 8.49. The first-order valence-corrected chi connectivity index (χ1v) is 8.09. The zero-order valence-electron chi connectivity index (χ0n) is 13.0. The smallest absolute Gasteiger partial charge is 0.220 e. The first-order chi connectivity index (χ1) is 11.1. The Morgan fingerprint density at radius 3 is 2.74 bits per heavy atom. The number of carbonyl (C=O) groups is 1. The number of likely N-dealkylation sites (tertiary alicyclic amines) is 1. The van der Waals surface area contributed by atoms with Gasteiger partial charge in [0, 0.05) is 30.3 Å². The third-order valence-electron chi connectivity index (χ3n) is 4.22. The number of piperidine rings is 1. The highest BCUT2D eigenvalue weighted by molar-refractivity contribution is 6.30. The zero-order valence-corrected chi connectivity index (χ0v) is 13.8. The predicted octanol–water partition coefficient (Wildman–Crippen LogP) is 3.45. The second-order valence-corrected chi connectivity index (χ2v) is 6.19. The van der Waals surface area contributed by atoms with E-state index in [2.05, 4.69) is 9.97 Å². The summed E-state index contributed by atoms with van der Waals surface area (Å²) in [6.45, 7) is 2.36. The Morgan fingerprint density at radius 1 is 1.30 bits per heavy atom. The molecule has 2 N–H and O–H groups in total. The SMILES string of the molecule is CC(=O)N1CCCCC1c1nc(N)ncc1-c1ccc(Cl)cc1. The summed E-state index contributed by atoms with van der Waals surface area (Å²) in [5.74, 6) is 0.292. The molecule has 5 nitrogen and oxygen atoms in total. The van der Waals surface area contributed by atoms with Gasteiger partial charge in [-0.2, -0.15) is 0 Å². The van der Waals surface area contributed by atoms with E-state index in [1.165, 1.54) is 0 Å². The quantitative estimate of drug-likeness (QED) is 0.915. The van der Waals surface area contributed by atoms with E-state index >= 15 is 0 Å². The van der Waals surface area contributed by atoms with E-state index in [1.54, 1.807) is 13.1 Å². The number of anilines is 1. The van der Waals surface area contributed by atoms with E-state index in [0.29, 0.717) is 5.02 Å². The normalized spacial score (nSPS) is 18.0. The molecule has 0 radical (unpaired) electrons. The van der Waals surface area contributed by atoms with E-state index in [1.807, 2.05) is 29.2 Å². The van der Waals surface area contributed by atoms with Crippen molar-refractivity contribution in [3.63, 3.8) is 0 Å². The summed E-state index contributed by atoms with van der Waals surface area (Å²) in [6, 6.07) is 7.47. The zero-order chi connectivity index (χ0) is 16.4. The molecule has 0 aliphatic carbocycles. The summed E-state index contributed by atoms with van der Waals surface area (Å²) in [6.07, 6.45) is 4.70. The number of rotatable bonds is 2. The molecule has 0 bridgehead atoms. The average Bonchev–Trinajstić information content (AvgIpc) is 2.56. The largest absolute Gasteiger partial charge is 0.368 e. The molecule has 1 saturated heterocycles. The molecule has 0 saturated carbocycles. The molecule has 1 aromatic carbocycles. The highest BCUT2D eigenvalue weighted by Crippen LogP contribution is 2.36. The number of amides is 1. The topological polar surface area (TPSA) is 72.1 Å². The van der Waals surface area contributed by atoms with Crippen LogP contribution in [0.25, 0.3) is 11.1 Å². The molecular formula is C17H19ClN4O. The van der Waals surface area contributed by atoms with Crippen molar-refractivity contribution in [2.75, 3.05) is 12.3 Å². The van der Waals surface area contributed by atoms with Crippen molar-refractivity contribution < 1.29 is 4.79 Å². The van der Waals surface area contributed by atoms with Crippen molar-refractivity contribution in [3.05, 3.63) is 41.2 Å². The number of halogens is 1. The summed E-state index contributed by atoms with van der Waals surface area (Å²) in [5, 5.41) is 0.676. The molecule has 6 heteroatoms. The van der Waals surface area contributed by atoms with Crippen molar-refractivity contribution in [2.45, 2.75) is 32.2 Å². The van der Waals surface area contributed by atoms with Gasteiger partial charge in [0.15, 0.2) is 0 Å². The minimum absolute atomic E-state index is 0.0581. The monoisotopic (exact) mass is 330 g/mol. The van der Waals surface area contributed by atoms with Crippen LogP contribution in [0.5, 0.6) is 0 Å². The van der Waals surface area contributed by atoms with Crippen molar-refractivity contribution >= 4 is 23.5 Å². The van der Waals surface area contributed by atoms with Crippen molar-refractivity contribution in [3.8, 4) is 11.1 Å². The summed E-state index contributed by atoms with van der Waals surface area (Å²) in [4.78, 5) is 22.5. The van der Waals surface area contributed by atoms with Gasteiger partial charge in [0.2, 0.25) is 11.9 Å². The van der Waals surface area contributed by atoms with Crippen LogP contribution in [0.15, 0.2) is 30.5 Å². The molecule has 1 aliphatic heterocycles. The van der Waals surface area contributed by atoms with Gasteiger partial charge < -0.3 is 10.6 Å². The molecule has 1 fully saturated rings. The standard InChI is InChI=1S/C17H19ClN4O/c1-11(23)22-9-3-2-4-15(22)16-14(10-20-17(19)21-16)12-5-7-13(18)8-6-12/h5-8,10,15H,2-4,9H2,1H3,(H2,19,20,21). The fourth-order valence-electron chi connectivity index (χ4n) is 3.11. The summed E-state index contributed by atoms with van der Waals surface area (Å²) < 4.78 is 0. The van der Waals surface area contributed by atoms with E-state index in [0.717, 1.165) is 42.6 Å². The van der Waals surface area contributed by atoms with Crippen LogP contribution in [0.4, 0.5) is 5.95 Å². The van der Waals surface area contributed by atoms with Gasteiger partial charge in [0.1, 0.15) is 0 Å². The second kappa shape index (κ2) is 6.54. The van der Waals surface area contributed by atoms with Crippen LogP contribution in [-0.4, -0.2) is 27.3 Å². The maximum Gasteiger partial charge on any atom is 0.220 e. The Kier molecular flexibility index (Phi) is 4.48. The lowest BCUT2D eigenvalue weighted by Crippen LogP contribution is -2.37. The number of benzene rings is 1. The summed E-state index contributed by atoms with van der Waals surface area (Å²) in [7, 11) is 0. The molecule has 23 heavy (non-hydrogen) atoms. The molecule has 1 aliphatic rings. The Balaban J connectivity index is 2.08. The van der Waals surface area contributed by atoms with Gasteiger partial charge in [-0.3, -0.25) is 4.79 Å². The van der Waals surface area contributed by atoms with Crippen LogP contribution in [0, 0.1) is 0 Å². The van der Waals surface area contributed by atoms with Crippen LogP contribution in [-0.2, 0) is 4.79 Å². The van der Waals surface area contributed by atoms with Crippen LogP contribution < -0.4 is 5.73 Å². The van der Waals surface area contributed by atoms with Gasteiger partial charge in [-0.05, 0) is 37.0 Å². The number of nitrogen functional groups attached to an aromatic ring is 1. The molecule has 3 rings (SSSR count). The van der Waals surface area contributed by atoms with E-state index in [4.69, 9.17) is 17.3 Å². The third kappa shape index (κ3) is 3.29. The van der Waals surface area contributed by atoms with Crippen LogP contribution in [0.2, 0.25) is 5.02 Å². The van der Waals surface area contributed by atoms with Gasteiger partial charge in [-0.1, -0.05) is 23.7 Å². The van der Waals surface area contributed by atoms with Crippen molar-refractivity contribution in [2.24, 2.45) is 0 Å². The number of carbonyl (C=O) groups excluding carboxylic acids is 1. The van der Waals surface area contributed by atoms with Gasteiger partial charge in [-0.25, -0.2) is 9.97 Å². The molecule has 0 spiro atoms. The Bertz CT molecular complexity index is 717. The van der Waals surface area contributed by atoms with Gasteiger partial charge in [0.05, 0.1) is 11.7 Å². The third-order valence-corrected chi connectivity index (χ3v) is 4.47. The Labute approximate surface area is 140 Å². The maximum absolute atomic E-state index is 12.0. The number of nitrogens with zero attached hydrogens (tertiary/aromatic N) is 3. The van der Waals surface area contributed by atoms with Crippen molar-refractivity contribution in [1.82, 2.24) is 14.9 Å². The Morgan fingerprint density at radius 2 is 2.04 bits per heavy atom. The maximum atomic E-state index is 12.0. The predicted molar refractivity (Wildman–Crippen MR) is 90.9 cm³/mol. The first-order valence-electron chi connectivity index (χ1n) is 7.72. The molecule has 120 valence electrons.